The summed E-state index contributed by atoms with van der Waals surface area (Å²) in [5.41, 5.74) is 0.328. The normalized spacial score (nSPS) is 11.2. The minimum Gasteiger partial charge on any atom is -0.447 e. The van der Waals surface area contributed by atoms with E-state index in [1.54, 1.807) is 0 Å². The monoisotopic (exact) mass is 393 g/mol. The number of hydrogen-bond donors (Lipinski definition) is 2. The number of carbonyl (C=O) groups is 1. The maximum absolute atomic E-state index is 13.3. The van der Waals surface area contributed by atoms with Crippen LogP contribution in [-0.2, 0) is 16.4 Å². The molecule has 0 bridgehead atoms. The number of carbonyl (C=O) groups excluding carboxylic acids is 1. The van der Waals surface area contributed by atoms with E-state index in [-0.39, 0.29) is 11.4 Å². The molecule has 0 aliphatic carbocycles. The number of halogens is 2. The van der Waals surface area contributed by atoms with E-state index in [9.17, 15) is 22.0 Å². The molecule has 0 aliphatic rings. The van der Waals surface area contributed by atoms with Crippen LogP contribution in [0.25, 0.3) is 0 Å². The third-order valence-electron chi connectivity index (χ3n) is 3.48. The number of aromatic nitrogens is 1. The third-order valence-corrected chi connectivity index (χ3v) is 5.22. The van der Waals surface area contributed by atoms with Gasteiger partial charge in [0.25, 0.3) is 0 Å². The highest BCUT2D eigenvalue weighted by atomic mass is 32.2. The van der Waals surface area contributed by atoms with Gasteiger partial charge in [0.15, 0.2) is 6.39 Å². The van der Waals surface area contributed by atoms with Gasteiger partial charge >= 0.3 is 6.03 Å². The van der Waals surface area contributed by atoms with Crippen LogP contribution >= 0.6 is 0 Å². The summed E-state index contributed by atoms with van der Waals surface area (Å²) in [6, 6.07) is 6.70. The molecule has 0 unspecified atom stereocenters. The zero-order valence-corrected chi connectivity index (χ0v) is 14.5. The summed E-state index contributed by atoms with van der Waals surface area (Å²) in [5.74, 6) is -1.51. The molecule has 10 heteroatoms. The number of hydrogen-bond acceptors (Lipinski definition) is 5. The van der Waals surface area contributed by atoms with E-state index < -0.39 is 32.4 Å². The molecule has 3 aromatic rings. The molecule has 7 nitrogen and oxygen atoms in total. The van der Waals surface area contributed by atoms with Crippen molar-refractivity contribution in [3.63, 3.8) is 0 Å². The number of nitrogens with zero attached hydrogens (tertiary/aromatic N) is 1. The molecule has 1 aromatic heterocycles. The van der Waals surface area contributed by atoms with Crippen LogP contribution in [0.1, 0.15) is 5.76 Å². The minimum absolute atomic E-state index is 0.128. The quantitative estimate of drug-likeness (QED) is 0.694. The predicted octanol–water partition coefficient (Wildman–Crippen LogP) is 3.11. The van der Waals surface area contributed by atoms with Gasteiger partial charge in [-0.25, -0.2) is 27.0 Å². The third kappa shape index (κ3) is 4.47. The van der Waals surface area contributed by atoms with E-state index in [1.165, 1.54) is 36.9 Å². The Bertz CT molecular complexity index is 1030. The topological polar surface area (TPSA) is 101 Å². The van der Waals surface area contributed by atoms with Crippen molar-refractivity contribution in [3.05, 3.63) is 72.4 Å². The van der Waals surface area contributed by atoms with Crippen LogP contribution < -0.4 is 10.6 Å². The van der Waals surface area contributed by atoms with Crippen molar-refractivity contribution in [2.75, 3.05) is 5.32 Å². The highest BCUT2D eigenvalue weighted by Gasteiger charge is 2.19. The Morgan fingerprint density at radius 3 is 2.30 bits per heavy atom. The van der Waals surface area contributed by atoms with Crippen LogP contribution in [0.3, 0.4) is 0 Å². The fraction of sp³-hybridized carbons (Fsp3) is 0.0588. The molecule has 0 atom stereocenters. The molecule has 2 aromatic carbocycles. The number of urea groups is 1. The van der Waals surface area contributed by atoms with Crippen LogP contribution in [0.2, 0.25) is 0 Å². The molecular formula is C17H13F2N3O4S. The van der Waals surface area contributed by atoms with Crippen molar-refractivity contribution in [2.24, 2.45) is 0 Å². The summed E-state index contributed by atoms with van der Waals surface area (Å²) >= 11 is 0. The number of oxazole rings is 1. The molecular weight excluding hydrogens is 380 g/mol. The zero-order chi connectivity index (χ0) is 19.4. The van der Waals surface area contributed by atoms with Gasteiger partial charge in [-0.1, -0.05) is 0 Å². The first-order chi connectivity index (χ1) is 12.8. The molecule has 0 spiro atoms. The maximum Gasteiger partial charge on any atom is 0.319 e. The van der Waals surface area contributed by atoms with Crippen molar-refractivity contribution in [1.29, 1.82) is 0 Å². The lowest BCUT2D eigenvalue weighted by molar-refractivity contribution is 0.251. The van der Waals surface area contributed by atoms with Gasteiger partial charge in [-0.05, 0) is 36.4 Å². The number of sulfone groups is 1. The van der Waals surface area contributed by atoms with E-state index in [0.29, 0.717) is 17.5 Å². The number of rotatable bonds is 5. The number of amides is 2. The summed E-state index contributed by atoms with van der Waals surface area (Å²) in [6.07, 6.45) is 2.69. The molecule has 0 aliphatic heterocycles. The first kappa shape index (κ1) is 18.5. The maximum atomic E-state index is 13.3. The Morgan fingerprint density at radius 1 is 1.04 bits per heavy atom. The Morgan fingerprint density at radius 2 is 1.70 bits per heavy atom. The van der Waals surface area contributed by atoms with E-state index in [4.69, 9.17) is 4.42 Å². The van der Waals surface area contributed by atoms with Crippen LogP contribution in [-0.4, -0.2) is 19.4 Å². The van der Waals surface area contributed by atoms with Crippen molar-refractivity contribution < 1.29 is 26.4 Å². The van der Waals surface area contributed by atoms with E-state index in [0.717, 1.165) is 12.1 Å². The molecule has 1 heterocycles. The first-order valence-electron chi connectivity index (χ1n) is 7.58. The second kappa shape index (κ2) is 7.54. The lowest BCUT2D eigenvalue weighted by Crippen LogP contribution is -2.28. The Kier molecular flexibility index (Phi) is 5.17. The summed E-state index contributed by atoms with van der Waals surface area (Å²) in [7, 11) is -4.10. The summed E-state index contributed by atoms with van der Waals surface area (Å²) in [5, 5.41) is 5.05. The SMILES string of the molecule is O=C(NCc1cnco1)Nc1ccc(S(=O)(=O)c2cc(F)cc(F)c2)cc1. The molecule has 0 saturated carbocycles. The first-order valence-corrected chi connectivity index (χ1v) is 9.06. The second-order valence-corrected chi connectivity index (χ2v) is 7.36. The smallest absolute Gasteiger partial charge is 0.319 e. The Hall–Kier alpha value is -3.27. The van der Waals surface area contributed by atoms with Gasteiger partial charge in [-0.3, -0.25) is 0 Å². The molecule has 0 radical (unpaired) electrons. The Balaban J connectivity index is 1.69. The van der Waals surface area contributed by atoms with E-state index >= 15 is 0 Å². The van der Waals surface area contributed by atoms with Crippen LogP contribution in [0.5, 0.6) is 0 Å². The van der Waals surface area contributed by atoms with Crippen molar-refractivity contribution in [2.45, 2.75) is 16.3 Å². The van der Waals surface area contributed by atoms with Gasteiger partial charge in [0.1, 0.15) is 17.4 Å². The fourth-order valence-corrected chi connectivity index (χ4v) is 3.51. The highest BCUT2D eigenvalue weighted by molar-refractivity contribution is 7.91. The summed E-state index contributed by atoms with van der Waals surface area (Å²) in [4.78, 5) is 14.8. The van der Waals surface area contributed by atoms with Crippen LogP contribution in [0.15, 0.2) is 69.3 Å². The van der Waals surface area contributed by atoms with Gasteiger partial charge in [0, 0.05) is 11.8 Å². The van der Waals surface area contributed by atoms with E-state index in [2.05, 4.69) is 15.6 Å². The lowest BCUT2D eigenvalue weighted by atomic mass is 10.3. The van der Waals surface area contributed by atoms with Gasteiger partial charge < -0.3 is 15.1 Å². The largest absolute Gasteiger partial charge is 0.447 e. The standard InChI is InChI=1S/C17H13F2N3O4S/c18-11-5-12(19)7-16(6-11)27(24,25)15-3-1-13(2-4-15)22-17(23)21-9-14-8-20-10-26-14/h1-8,10H,9H2,(H2,21,22,23). The van der Waals surface area contributed by atoms with E-state index in [1.807, 2.05) is 0 Å². The number of benzene rings is 2. The Labute approximate surface area is 153 Å². The molecule has 3 rings (SSSR count). The number of anilines is 1. The van der Waals surface area contributed by atoms with Crippen molar-refractivity contribution in [1.82, 2.24) is 10.3 Å². The number of nitrogens with one attached hydrogen (secondary N) is 2. The lowest BCUT2D eigenvalue weighted by Gasteiger charge is -2.08. The summed E-state index contributed by atoms with van der Waals surface area (Å²) < 4.78 is 56.5. The second-order valence-electron chi connectivity index (χ2n) is 5.41. The molecule has 140 valence electrons. The summed E-state index contributed by atoms with van der Waals surface area (Å²) in [6.45, 7) is 0.128. The van der Waals surface area contributed by atoms with Gasteiger partial charge in [0.2, 0.25) is 9.84 Å². The zero-order valence-electron chi connectivity index (χ0n) is 13.6. The van der Waals surface area contributed by atoms with Gasteiger partial charge in [0.05, 0.1) is 22.5 Å². The van der Waals surface area contributed by atoms with Gasteiger partial charge in [-0.2, -0.15) is 0 Å². The molecule has 2 amide bonds. The predicted molar refractivity (Wildman–Crippen MR) is 90.6 cm³/mol. The average Bonchev–Trinajstić information content (AvgIpc) is 3.13. The molecule has 27 heavy (non-hydrogen) atoms. The minimum atomic E-state index is -4.10. The van der Waals surface area contributed by atoms with Crippen molar-refractivity contribution in [3.8, 4) is 0 Å². The van der Waals surface area contributed by atoms with Crippen molar-refractivity contribution >= 4 is 21.6 Å². The highest BCUT2D eigenvalue weighted by Crippen LogP contribution is 2.23. The molecule has 0 fully saturated rings. The van der Waals surface area contributed by atoms with Crippen LogP contribution in [0.4, 0.5) is 19.3 Å². The molecule has 2 N–H and O–H groups in total. The van der Waals surface area contributed by atoms with Gasteiger partial charge in [-0.15, -0.1) is 0 Å². The fourth-order valence-electron chi connectivity index (χ4n) is 2.21. The molecule has 0 saturated heterocycles. The van der Waals surface area contributed by atoms with Crippen LogP contribution in [0, 0.1) is 11.6 Å². The average molecular weight is 393 g/mol.